The third-order valence-electron chi connectivity index (χ3n) is 5.88. The third kappa shape index (κ3) is 6.39. The van der Waals surface area contributed by atoms with Crippen LogP contribution in [-0.4, -0.2) is 43.2 Å². The molecule has 0 radical (unpaired) electrons. The first-order valence-corrected chi connectivity index (χ1v) is 12.6. The van der Waals surface area contributed by atoms with Gasteiger partial charge < -0.3 is 20.2 Å². The summed E-state index contributed by atoms with van der Waals surface area (Å²) in [7, 11) is 0. The molecular weight excluding hydrogens is 561 g/mol. The number of rotatable bonds is 8. The molecule has 0 fully saturated rings. The Balaban J connectivity index is 1.35. The van der Waals surface area contributed by atoms with Crippen molar-refractivity contribution in [2.75, 3.05) is 17.2 Å². The number of halogens is 4. The smallest absolute Gasteiger partial charge is 0.416 e. The van der Waals surface area contributed by atoms with Crippen LogP contribution in [0.5, 0.6) is 0 Å². The number of hydrogen-bond acceptors (Lipinski definition) is 7. The average molecular weight is 583 g/mol. The zero-order valence-corrected chi connectivity index (χ0v) is 22.1. The van der Waals surface area contributed by atoms with Gasteiger partial charge in [0, 0.05) is 41.9 Å². The fourth-order valence-electron chi connectivity index (χ4n) is 3.94. The minimum absolute atomic E-state index is 0.0170. The molecule has 13 heteroatoms. The maximum absolute atomic E-state index is 13.2. The first kappa shape index (κ1) is 27.9. The van der Waals surface area contributed by atoms with E-state index in [4.69, 9.17) is 16.0 Å². The van der Waals surface area contributed by atoms with Gasteiger partial charge in [0.15, 0.2) is 0 Å². The number of alkyl halides is 3. The maximum Gasteiger partial charge on any atom is 0.416 e. The number of anilines is 2. The van der Waals surface area contributed by atoms with Crippen molar-refractivity contribution >= 4 is 29.1 Å². The lowest BCUT2D eigenvalue weighted by molar-refractivity contribution is -0.137. The highest BCUT2D eigenvalue weighted by Gasteiger charge is 2.31. The van der Waals surface area contributed by atoms with Gasteiger partial charge in [-0.3, -0.25) is 9.36 Å². The molecule has 0 unspecified atom stereocenters. The number of nitrogens with zero attached hydrogens (tertiary/aromatic N) is 4. The summed E-state index contributed by atoms with van der Waals surface area (Å²) in [6.07, 6.45) is 0.938. The normalized spacial score (nSPS) is 12.2. The van der Waals surface area contributed by atoms with Crippen LogP contribution < -0.4 is 10.6 Å². The summed E-state index contributed by atoms with van der Waals surface area (Å²) < 4.78 is 46.6. The molecule has 0 spiro atoms. The lowest BCUT2D eigenvalue weighted by Gasteiger charge is -2.11. The summed E-state index contributed by atoms with van der Waals surface area (Å²) in [6, 6.07) is 12.9. The zero-order chi connectivity index (χ0) is 29.1. The molecule has 3 N–H and O–H groups in total. The molecule has 0 aliphatic carbocycles. The molecular formula is C28H22ClF3N6O3. The fraction of sp³-hybridized carbons (Fsp3) is 0.143. The minimum atomic E-state index is -4.56. The molecule has 3 heterocycles. The van der Waals surface area contributed by atoms with E-state index in [1.165, 1.54) is 6.07 Å². The summed E-state index contributed by atoms with van der Waals surface area (Å²) in [5.74, 6) is 0.914. The summed E-state index contributed by atoms with van der Waals surface area (Å²) >= 11 is 6.10. The maximum atomic E-state index is 13.2. The molecule has 2 aromatic carbocycles. The Morgan fingerprint density at radius 3 is 2.73 bits per heavy atom. The summed E-state index contributed by atoms with van der Waals surface area (Å²) in [5, 5.41) is 15.3. The largest absolute Gasteiger partial charge is 0.463 e. The van der Waals surface area contributed by atoms with Gasteiger partial charge in [0.25, 0.3) is 5.91 Å². The van der Waals surface area contributed by atoms with Crippen molar-refractivity contribution in [1.29, 1.82) is 0 Å². The Morgan fingerprint density at radius 2 is 1.95 bits per heavy atom. The van der Waals surface area contributed by atoms with Crippen LogP contribution in [0.4, 0.5) is 24.8 Å². The molecule has 5 aromatic rings. The van der Waals surface area contributed by atoms with Crippen molar-refractivity contribution in [2.45, 2.75) is 19.2 Å². The molecule has 1 amide bonds. The second-order valence-corrected chi connectivity index (χ2v) is 9.42. The van der Waals surface area contributed by atoms with Gasteiger partial charge in [-0.25, -0.2) is 9.97 Å². The molecule has 0 bridgehead atoms. The van der Waals surface area contributed by atoms with Crippen molar-refractivity contribution in [3.05, 3.63) is 95.6 Å². The number of amides is 1. The zero-order valence-electron chi connectivity index (χ0n) is 21.4. The van der Waals surface area contributed by atoms with Gasteiger partial charge in [-0.1, -0.05) is 23.7 Å². The topological polar surface area (TPSA) is 118 Å². The summed E-state index contributed by atoms with van der Waals surface area (Å²) in [6.45, 7) is 1.93. The highest BCUT2D eigenvalue weighted by Crippen LogP contribution is 2.36. The van der Waals surface area contributed by atoms with Gasteiger partial charge in [0.05, 0.1) is 22.3 Å². The minimum Gasteiger partial charge on any atom is -0.463 e. The van der Waals surface area contributed by atoms with Gasteiger partial charge in [0.1, 0.15) is 23.7 Å². The number of hydrogen-bond donors (Lipinski definition) is 3. The van der Waals surface area contributed by atoms with Crippen LogP contribution in [0.2, 0.25) is 5.02 Å². The third-order valence-corrected chi connectivity index (χ3v) is 6.21. The number of aromatic nitrogens is 4. The molecule has 0 saturated heterocycles. The van der Waals surface area contributed by atoms with Crippen LogP contribution in [0, 0.1) is 0 Å². The number of benzene rings is 2. The SMILES string of the molecule is C[C@H](O)CNc1nccc(-n2ccnc2-c2cccc(NC(=O)c3coc(-c4cc(C(F)(F)F)ccc4Cl)c3)c2)n1. The second kappa shape index (κ2) is 11.4. The van der Waals surface area contributed by atoms with E-state index in [2.05, 4.69) is 25.6 Å². The number of imidazole rings is 1. The summed E-state index contributed by atoms with van der Waals surface area (Å²) in [4.78, 5) is 26.0. The molecule has 0 aliphatic heterocycles. The van der Waals surface area contributed by atoms with E-state index in [0.29, 0.717) is 28.8 Å². The van der Waals surface area contributed by atoms with Crippen LogP contribution in [-0.2, 0) is 6.18 Å². The highest BCUT2D eigenvalue weighted by molar-refractivity contribution is 6.33. The number of carbonyl (C=O) groups is 1. The molecule has 5 rings (SSSR count). The molecule has 210 valence electrons. The number of nitrogens with one attached hydrogen (secondary N) is 2. The van der Waals surface area contributed by atoms with Gasteiger partial charge in [-0.15, -0.1) is 0 Å². The first-order chi connectivity index (χ1) is 19.6. The van der Waals surface area contributed by atoms with E-state index in [-0.39, 0.29) is 28.5 Å². The van der Waals surface area contributed by atoms with Crippen molar-refractivity contribution in [1.82, 2.24) is 19.5 Å². The summed E-state index contributed by atoms with van der Waals surface area (Å²) in [5.41, 5.74) is 0.350. The Hall–Kier alpha value is -4.68. The van der Waals surface area contributed by atoms with E-state index in [1.807, 2.05) is 6.07 Å². The molecule has 0 aliphatic rings. The van der Waals surface area contributed by atoms with Crippen LogP contribution in [0.1, 0.15) is 22.8 Å². The molecule has 1 atom stereocenters. The Kier molecular flexibility index (Phi) is 7.77. The van der Waals surface area contributed by atoms with Gasteiger partial charge in [-0.05, 0) is 49.4 Å². The van der Waals surface area contributed by atoms with E-state index in [9.17, 15) is 23.1 Å². The van der Waals surface area contributed by atoms with Crippen LogP contribution in [0.3, 0.4) is 0 Å². The van der Waals surface area contributed by atoms with Crippen molar-refractivity contribution in [3.8, 4) is 28.5 Å². The van der Waals surface area contributed by atoms with E-state index < -0.39 is 23.8 Å². The fourth-order valence-corrected chi connectivity index (χ4v) is 4.15. The molecule has 3 aromatic heterocycles. The average Bonchev–Trinajstić information content (AvgIpc) is 3.63. The number of aliphatic hydroxyl groups is 1. The molecule has 9 nitrogen and oxygen atoms in total. The molecule has 0 saturated carbocycles. The Labute approximate surface area is 236 Å². The standard InChI is InChI=1S/C28H22ClF3N6O3/c1-16(39)14-35-27-34-8-7-24(37-27)38-10-9-33-25(38)17-3-2-4-20(11-17)36-26(40)18-12-23(41-15-18)21-13-19(28(30,31)32)5-6-22(21)29/h2-13,15-16,39H,14H2,1H3,(H,36,40)(H,34,35,37)/t16-/m0/s1. The van der Waals surface area contributed by atoms with Gasteiger partial charge in [0.2, 0.25) is 5.95 Å². The van der Waals surface area contributed by atoms with Crippen LogP contribution in [0.15, 0.2) is 83.9 Å². The number of carbonyl (C=O) groups excluding carboxylic acids is 1. The Morgan fingerprint density at radius 1 is 1.12 bits per heavy atom. The van der Waals surface area contributed by atoms with E-state index >= 15 is 0 Å². The van der Waals surface area contributed by atoms with Gasteiger partial charge >= 0.3 is 6.18 Å². The van der Waals surface area contributed by atoms with Crippen LogP contribution >= 0.6 is 11.6 Å². The monoisotopic (exact) mass is 582 g/mol. The van der Waals surface area contributed by atoms with Gasteiger partial charge in [-0.2, -0.15) is 18.2 Å². The van der Waals surface area contributed by atoms with Crippen LogP contribution in [0.25, 0.3) is 28.5 Å². The van der Waals surface area contributed by atoms with E-state index in [1.54, 1.807) is 54.3 Å². The Bertz CT molecular complexity index is 1700. The number of aliphatic hydroxyl groups excluding tert-OH is 1. The van der Waals surface area contributed by atoms with Crippen molar-refractivity contribution in [2.24, 2.45) is 0 Å². The van der Waals surface area contributed by atoms with Crippen molar-refractivity contribution in [3.63, 3.8) is 0 Å². The lowest BCUT2D eigenvalue weighted by atomic mass is 10.1. The lowest BCUT2D eigenvalue weighted by Crippen LogP contribution is -2.17. The number of furan rings is 1. The second-order valence-electron chi connectivity index (χ2n) is 9.02. The molecule has 41 heavy (non-hydrogen) atoms. The highest BCUT2D eigenvalue weighted by atomic mass is 35.5. The predicted molar refractivity (Wildman–Crippen MR) is 147 cm³/mol. The van der Waals surface area contributed by atoms with E-state index in [0.717, 1.165) is 24.5 Å². The first-order valence-electron chi connectivity index (χ1n) is 12.2. The quantitative estimate of drug-likeness (QED) is 0.196. The van der Waals surface area contributed by atoms with Crippen molar-refractivity contribution < 1.29 is 27.5 Å². The predicted octanol–water partition coefficient (Wildman–Crippen LogP) is 6.31.